The molecule has 0 saturated carbocycles. The lowest BCUT2D eigenvalue weighted by Crippen LogP contribution is -2.53. The number of carbonyl (C=O) groups excluding carboxylic acids is 2. The monoisotopic (exact) mass is 767 g/mol. The minimum absolute atomic E-state index is 0.138. The van der Waals surface area contributed by atoms with E-state index < -0.39 is 9.84 Å². The number of sulfone groups is 1. The van der Waals surface area contributed by atoms with Gasteiger partial charge in [0.15, 0.2) is 9.84 Å². The Balaban J connectivity index is 0.847. The molecule has 3 N–H and O–H groups in total. The van der Waals surface area contributed by atoms with Gasteiger partial charge in [-0.2, -0.15) is 0 Å². The number of hydrogen-bond acceptors (Lipinski definition) is 12. The van der Waals surface area contributed by atoms with Crippen molar-refractivity contribution in [2.75, 3.05) is 70.4 Å². The van der Waals surface area contributed by atoms with Crippen LogP contribution in [-0.4, -0.2) is 97.1 Å². The molecule has 5 aromatic rings. The highest BCUT2D eigenvalue weighted by molar-refractivity contribution is 7.90. The van der Waals surface area contributed by atoms with Crippen molar-refractivity contribution >= 4 is 38.1 Å². The maximum atomic E-state index is 12.5. The SMILES string of the molecule is CS(=O)(=O)c1ccc(-c2ccc3cc(O)ccc3c2Oc2ccc(OCCOCCOCCOC3CNCCN3c3cccc4c3C(=O)NC4=O)cc2)cc1. The molecule has 2 heterocycles. The Hall–Kier alpha value is -5.51. The standard InChI is InChI=1S/C41H41N3O10S/c1-55(48,49)32-13-5-27(6-14-32)33-15-7-28-25-29(45)8-16-34(28)39(33)54-31-11-9-30(10-12-31)52-23-21-50-19-20-51-22-24-53-37-26-42-17-18-44(37)36-4-2-3-35-38(36)41(47)43-40(35)46/h2-16,25,37,42,45H,17-24,26H2,1H3,(H,43,46,47). The fourth-order valence-electron chi connectivity index (χ4n) is 6.56. The second-order valence-corrected chi connectivity index (χ2v) is 15.0. The molecule has 1 saturated heterocycles. The highest BCUT2D eigenvalue weighted by atomic mass is 32.2. The number of benzene rings is 5. The fourth-order valence-corrected chi connectivity index (χ4v) is 7.19. The number of ether oxygens (including phenoxy) is 5. The number of hydrogen-bond donors (Lipinski definition) is 3. The Morgan fingerprint density at radius 1 is 0.782 bits per heavy atom. The molecule has 1 atom stereocenters. The highest BCUT2D eigenvalue weighted by Gasteiger charge is 2.34. The van der Waals surface area contributed by atoms with Crippen LogP contribution in [0.4, 0.5) is 5.69 Å². The minimum atomic E-state index is -3.34. The first-order valence-corrected chi connectivity index (χ1v) is 19.7. The number of imide groups is 1. The van der Waals surface area contributed by atoms with Crippen LogP contribution < -0.4 is 25.0 Å². The first kappa shape index (κ1) is 37.8. The van der Waals surface area contributed by atoms with E-state index in [4.69, 9.17) is 23.7 Å². The average Bonchev–Trinajstić information content (AvgIpc) is 3.48. The summed E-state index contributed by atoms with van der Waals surface area (Å²) >= 11 is 0. The van der Waals surface area contributed by atoms with Gasteiger partial charge in [-0.15, -0.1) is 0 Å². The number of anilines is 1. The highest BCUT2D eigenvalue weighted by Crippen LogP contribution is 2.41. The Kier molecular flexibility index (Phi) is 11.6. The van der Waals surface area contributed by atoms with Crippen LogP contribution in [0.2, 0.25) is 0 Å². The molecule has 2 amide bonds. The predicted octanol–water partition coefficient (Wildman–Crippen LogP) is 5.16. The minimum Gasteiger partial charge on any atom is -0.508 e. The summed E-state index contributed by atoms with van der Waals surface area (Å²) in [5.41, 5.74) is 3.00. The normalized spacial score (nSPS) is 15.6. The molecule has 0 aromatic heterocycles. The summed E-state index contributed by atoms with van der Waals surface area (Å²) in [5.74, 6) is 1.14. The van der Waals surface area contributed by atoms with Gasteiger partial charge in [0.1, 0.15) is 35.8 Å². The Bertz CT molecular complexity index is 2280. The van der Waals surface area contributed by atoms with Gasteiger partial charge in [-0.1, -0.05) is 24.3 Å². The molecular formula is C41H41N3O10S. The summed E-state index contributed by atoms with van der Waals surface area (Å²) < 4.78 is 53.7. The number of nitrogens with zero attached hydrogens (tertiary/aromatic N) is 1. The second kappa shape index (κ2) is 16.9. The van der Waals surface area contributed by atoms with Crippen molar-refractivity contribution in [3.8, 4) is 34.1 Å². The molecule has 2 aliphatic heterocycles. The summed E-state index contributed by atoms with van der Waals surface area (Å²) in [6.07, 6.45) is 0.855. The van der Waals surface area contributed by atoms with E-state index in [-0.39, 0.29) is 28.7 Å². The third-order valence-electron chi connectivity index (χ3n) is 9.24. The van der Waals surface area contributed by atoms with Crippen LogP contribution >= 0.6 is 0 Å². The molecule has 0 aliphatic carbocycles. The number of phenolic OH excluding ortho intramolecular Hbond substituents is 1. The van der Waals surface area contributed by atoms with Crippen molar-refractivity contribution in [2.24, 2.45) is 0 Å². The molecule has 0 spiro atoms. The summed E-state index contributed by atoms with van der Waals surface area (Å²) in [6.45, 7) is 4.10. The van der Waals surface area contributed by atoms with Crippen molar-refractivity contribution in [1.82, 2.24) is 10.6 Å². The number of carbonyl (C=O) groups is 2. The lowest BCUT2D eigenvalue weighted by molar-refractivity contribution is -0.0168. The van der Waals surface area contributed by atoms with Crippen molar-refractivity contribution < 1.29 is 46.8 Å². The molecule has 7 rings (SSSR count). The van der Waals surface area contributed by atoms with E-state index in [0.717, 1.165) is 28.4 Å². The summed E-state index contributed by atoms with van der Waals surface area (Å²) in [6, 6.07) is 27.9. The lowest BCUT2D eigenvalue weighted by Gasteiger charge is -2.38. The van der Waals surface area contributed by atoms with Crippen LogP contribution in [0.1, 0.15) is 20.7 Å². The zero-order chi connectivity index (χ0) is 38.4. The quantitative estimate of drug-likeness (QED) is 0.0896. The van der Waals surface area contributed by atoms with Gasteiger partial charge in [0.25, 0.3) is 11.8 Å². The van der Waals surface area contributed by atoms with E-state index in [1.165, 1.54) is 6.26 Å². The molecule has 2 aliphatic rings. The number of fused-ring (bicyclic) bond motifs is 2. The largest absolute Gasteiger partial charge is 0.508 e. The third-order valence-corrected chi connectivity index (χ3v) is 10.4. The number of nitrogens with one attached hydrogen (secondary N) is 2. The molecular weight excluding hydrogens is 727 g/mol. The van der Waals surface area contributed by atoms with E-state index in [2.05, 4.69) is 10.6 Å². The number of phenols is 1. The third kappa shape index (κ3) is 8.90. The molecule has 14 heteroatoms. The van der Waals surface area contributed by atoms with Crippen molar-refractivity contribution in [2.45, 2.75) is 11.1 Å². The van der Waals surface area contributed by atoms with Crippen LogP contribution in [0, 0.1) is 0 Å². The Morgan fingerprint density at radius 2 is 1.51 bits per heavy atom. The van der Waals surface area contributed by atoms with Crippen LogP contribution in [0.15, 0.2) is 102 Å². The number of amides is 2. The van der Waals surface area contributed by atoms with Crippen molar-refractivity contribution in [3.05, 3.63) is 108 Å². The summed E-state index contributed by atoms with van der Waals surface area (Å²) in [4.78, 5) is 26.8. The van der Waals surface area contributed by atoms with Gasteiger partial charge in [-0.25, -0.2) is 8.42 Å². The van der Waals surface area contributed by atoms with Crippen molar-refractivity contribution in [3.63, 3.8) is 0 Å². The molecule has 55 heavy (non-hydrogen) atoms. The first-order valence-electron chi connectivity index (χ1n) is 17.9. The van der Waals surface area contributed by atoms with E-state index in [1.54, 1.807) is 78.9 Å². The molecule has 0 bridgehead atoms. The van der Waals surface area contributed by atoms with E-state index >= 15 is 0 Å². The average molecular weight is 768 g/mol. The maximum absolute atomic E-state index is 12.5. The first-order chi connectivity index (χ1) is 26.7. The zero-order valence-corrected chi connectivity index (χ0v) is 31.0. The van der Waals surface area contributed by atoms with Crippen LogP contribution in [0.5, 0.6) is 23.0 Å². The summed E-state index contributed by atoms with van der Waals surface area (Å²) in [7, 11) is -3.34. The number of aromatic hydroxyl groups is 1. The van der Waals surface area contributed by atoms with Gasteiger partial charge in [-0.3, -0.25) is 14.9 Å². The van der Waals surface area contributed by atoms with Crippen molar-refractivity contribution in [1.29, 1.82) is 0 Å². The second-order valence-electron chi connectivity index (χ2n) is 13.0. The van der Waals surface area contributed by atoms with Gasteiger partial charge in [-0.05, 0) is 83.7 Å². The van der Waals surface area contributed by atoms with Gasteiger partial charge < -0.3 is 39.0 Å². The molecule has 1 unspecified atom stereocenters. The topological polar surface area (TPSA) is 162 Å². The van der Waals surface area contributed by atoms with E-state index in [9.17, 15) is 23.1 Å². The maximum Gasteiger partial charge on any atom is 0.261 e. The van der Waals surface area contributed by atoms with Crippen LogP contribution in [0.3, 0.4) is 0 Å². The summed E-state index contributed by atoms with van der Waals surface area (Å²) in [5, 5.41) is 17.3. The molecule has 5 aromatic carbocycles. The van der Waals surface area contributed by atoms with E-state index in [0.29, 0.717) is 86.8 Å². The molecule has 13 nitrogen and oxygen atoms in total. The Labute approximate surface area is 318 Å². The fraction of sp³-hybridized carbons (Fsp3) is 0.268. The molecule has 1 fully saturated rings. The van der Waals surface area contributed by atoms with Gasteiger partial charge in [0.2, 0.25) is 0 Å². The van der Waals surface area contributed by atoms with Crippen LogP contribution in [-0.2, 0) is 24.0 Å². The number of rotatable bonds is 16. The smallest absolute Gasteiger partial charge is 0.261 e. The molecule has 0 radical (unpaired) electrons. The van der Waals surface area contributed by atoms with Gasteiger partial charge in [0, 0.05) is 36.8 Å². The zero-order valence-electron chi connectivity index (χ0n) is 30.2. The lowest BCUT2D eigenvalue weighted by atomic mass is 9.99. The van der Waals surface area contributed by atoms with Gasteiger partial charge in [0.05, 0.1) is 54.7 Å². The van der Waals surface area contributed by atoms with Crippen LogP contribution in [0.25, 0.3) is 21.9 Å². The Morgan fingerprint density at radius 3 is 2.27 bits per heavy atom. The number of piperazine rings is 1. The molecule has 286 valence electrons. The predicted molar refractivity (Wildman–Crippen MR) is 206 cm³/mol. The van der Waals surface area contributed by atoms with E-state index in [1.807, 2.05) is 23.1 Å². The van der Waals surface area contributed by atoms with Gasteiger partial charge >= 0.3 is 0 Å².